The minimum Gasteiger partial charge on any atom is -0.393 e. The van der Waals surface area contributed by atoms with E-state index in [1.165, 1.54) is 4.68 Å². The summed E-state index contributed by atoms with van der Waals surface area (Å²) in [6.45, 7) is 5.94. The fraction of sp³-hybridized carbons (Fsp3) is 0.308. The smallest absolute Gasteiger partial charge is 0.294 e. The van der Waals surface area contributed by atoms with E-state index in [2.05, 4.69) is 5.10 Å². The van der Waals surface area contributed by atoms with Crippen molar-refractivity contribution >= 4 is 5.69 Å². The fourth-order valence-electron chi connectivity index (χ4n) is 1.89. The molecule has 17 heavy (non-hydrogen) atoms. The van der Waals surface area contributed by atoms with Crippen molar-refractivity contribution < 1.29 is 0 Å². The van der Waals surface area contributed by atoms with E-state index < -0.39 is 0 Å². The van der Waals surface area contributed by atoms with Gasteiger partial charge in [-0.25, -0.2) is 4.68 Å². The average Bonchev–Trinajstić information content (AvgIpc) is 2.59. The summed E-state index contributed by atoms with van der Waals surface area (Å²) in [5.41, 5.74) is 9.73. The number of aryl methyl sites for hydroxylation is 3. The third kappa shape index (κ3) is 1.86. The van der Waals surface area contributed by atoms with Crippen molar-refractivity contribution in [3.05, 3.63) is 45.4 Å². The second-order valence-corrected chi connectivity index (χ2v) is 4.29. The molecule has 0 spiro atoms. The second-order valence-electron chi connectivity index (χ2n) is 4.29. The molecule has 1 aromatic carbocycles. The standard InChI is InChI=1S/C13H17N3O/c1-4-10-12(14)13(17)16(15-10)11-7-8(2)5-6-9(11)3/h5-7,15H,4,14H2,1-3H3. The number of hydrogen-bond acceptors (Lipinski definition) is 2. The molecule has 4 heteroatoms. The van der Waals surface area contributed by atoms with Gasteiger partial charge in [-0.1, -0.05) is 19.1 Å². The first-order valence-electron chi connectivity index (χ1n) is 5.71. The number of hydrogen-bond donors (Lipinski definition) is 2. The lowest BCUT2D eigenvalue weighted by atomic mass is 10.1. The van der Waals surface area contributed by atoms with Crippen molar-refractivity contribution in [2.45, 2.75) is 27.2 Å². The van der Waals surface area contributed by atoms with Crippen LogP contribution in [0.1, 0.15) is 23.7 Å². The molecule has 0 aliphatic carbocycles. The number of nitrogens with two attached hydrogens (primary N) is 1. The van der Waals surface area contributed by atoms with Crippen LogP contribution in [-0.2, 0) is 6.42 Å². The Hall–Kier alpha value is -1.97. The number of anilines is 1. The normalized spacial score (nSPS) is 10.8. The van der Waals surface area contributed by atoms with Gasteiger partial charge < -0.3 is 5.73 Å². The van der Waals surface area contributed by atoms with Gasteiger partial charge in [0.05, 0.1) is 11.4 Å². The Morgan fingerprint density at radius 1 is 1.35 bits per heavy atom. The number of nitrogens with one attached hydrogen (secondary N) is 1. The first-order chi connectivity index (χ1) is 8.04. The van der Waals surface area contributed by atoms with Gasteiger partial charge in [-0.15, -0.1) is 0 Å². The predicted molar refractivity (Wildman–Crippen MR) is 69.7 cm³/mol. The number of aromatic amines is 1. The van der Waals surface area contributed by atoms with Gasteiger partial charge in [0.25, 0.3) is 5.56 Å². The Labute approximate surface area is 100 Å². The number of nitrogens with zero attached hydrogens (tertiary/aromatic N) is 1. The van der Waals surface area contributed by atoms with Gasteiger partial charge in [0.1, 0.15) is 5.69 Å². The SMILES string of the molecule is CCc1[nH]n(-c2cc(C)ccc2C)c(=O)c1N. The number of aromatic nitrogens is 2. The number of nitrogen functional groups attached to an aromatic ring is 1. The summed E-state index contributed by atoms with van der Waals surface area (Å²) in [7, 11) is 0. The van der Waals surface area contributed by atoms with Crippen molar-refractivity contribution in [2.24, 2.45) is 0 Å². The van der Waals surface area contributed by atoms with Crippen LogP contribution in [0.15, 0.2) is 23.0 Å². The van der Waals surface area contributed by atoms with E-state index in [1.807, 2.05) is 39.0 Å². The molecule has 1 aromatic heterocycles. The largest absolute Gasteiger partial charge is 0.393 e. The van der Waals surface area contributed by atoms with Gasteiger partial charge in [0, 0.05) is 0 Å². The topological polar surface area (TPSA) is 63.8 Å². The summed E-state index contributed by atoms with van der Waals surface area (Å²) in [6.07, 6.45) is 0.721. The first-order valence-corrected chi connectivity index (χ1v) is 5.71. The monoisotopic (exact) mass is 231 g/mol. The van der Waals surface area contributed by atoms with Gasteiger partial charge in [0.15, 0.2) is 0 Å². The summed E-state index contributed by atoms with van der Waals surface area (Å²) in [4.78, 5) is 12.0. The number of rotatable bonds is 2. The van der Waals surface area contributed by atoms with Crippen LogP contribution in [0.2, 0.25) is 0 Å². The lowest BCUT2D eigenvalue weighted by Crippen LogP contribution is -2.17. The molecular weight excluding hydrogens is 214 g/mol. The summed E-state index contributed by atoms with van der Waals surface area (Å²) < 4.78 is 1.52. The number of H-pyrrole nitrogens is 1. The molecule has 0 fully saturated rings. The summed E-state index contributed by atoms with van der Waals surface area (Å²) in [6, 6.07) is 6.00. The van der Waals surface area contributed by atoms with E-state index >= 15 is 0 Å². The summed E-state index contributed by atoms with van der Waals surface area (Å²) >= 11 is 0. The Kier molecular flexibility index (Phi) is 2.79. The first kappa shape index (κ1) is 11.5. The molecule has 0 unspecified atom stereocenters. The molecular formula is C13H17N3O. The van der Waals surface area contributed by atoms with Crippen molar-refractivity contribution in [1.82, 2.24) is 9.78 Å². The van der Waals surface area contributed by atoms with Crippen LogP contribution in [0.3, 0.4) is 0 Å². The third-order valence-corrected chi connectivity index (χ3v) is 2.96. The van der Waals surface area contributed by atoms with Gasteiger partial charge >= 0.3 is 0 Å². The molecule has 0 aliphatic rings. The van der Waals surface area contributed by atoms with Crippen LogP contribution in [0, 0.1) is 13.8 Å². The zero-order valence-corrected chi connectivity index (χ0v) is 10.4. The molecule has 3 N–H and O–H groups in total. The minimum absolute atomic E-state index is 0.171. The second kappa shape index (κ2) is 4.13. The van der Waals surface area contributed by atoms with E-state index in [9.17, 15) is 4.79 Å². The van der Waals surface area contributed by atoms with Crippen molar-refractivity contribution in [2.75, 3.05) is 5.73 Å². The lowest BCUT2D eigenvalue weighted by Gasteiger charge is -2.07. The van der Waals surface area contributed by atoms with E-state index in [1.54, 1.807) is 0 Å². The van der Waals surface area contributed by atoms with E-state index in [0.717, 1.165) is 28.9 Å². The molecule has 0 saturated carbocycles. The Morgan fingerprint density at radius 2 is 2.06 bits per heavy atom. The molecule has 0 amide bonds. The zero-order valence-electron chi connectivity index (χ0n) is 10.4. The Balaban J connectivity index is 2.68. The number of benzene rings is 1. The maximum Gasteiger partial charge on any atom is 0.294 e. The highest BCUT2D eigenvalue weighted by Gasteiger charge is 2.12. The average molecular weight is 231 g/mol. The van der Waals surface area contributed by atoms with Gasteiger partial charge in [0.2, 0.25) is 0 Å². The Morgan fingerprint density at radius 3 is 2.65 bits per heavy atom. The van der Waals surface area contributed by atoms with Crippen LogP contribution in [0.5, 0.6) is 0 Å². The zero-order chi connectivity index (χ0) is 12.6. The lowest BCUT2D eigenvalue weighted by molar-refractivity contribution is 0.813. The highest BCUT2D eigenvalue weighted by atomic mass is 16.1. The molecule has 4 nitrogen and oxygen atoms in total. The van der Waals surface area contributed by atoms with Crippen LogP contribution in [0.25, 0.3) is 5.69 Å². The van der Waals surface area contributed by atoms with Gasteiger partial charge in [-0.3, -0.25) is 9.89 Å². The summed E-state index contributed by atoms with van der Waals surface area (Å²) in [5, 5.41) is 3.06. The quantitative estimate of drug-likeness (QED) is 0.829. The highest BCUT2D eigenvalue weighted by molar-refractivity contribution is 5.48. The molecule has 2 aromatic rings. The van der Waals surface area contributed by atoms with Crippen molar-refractivity contribution in [3.8, 4) is 5.69 Å². The molecule has 0 aliphatic heterocycles. The molecule has 1 heterocycles. The van der Waals surface area contributed by atoms with Crippen LogP contribution in [-0.4, -0.2) is 9.78 Å². The van der Waals surface area contributed by atoms with Crippen molar-refractivity contribution in [1.29, 1.82) is 0 Å². The van der Waals surface area contributed by atoms with E-state index in [4.69, 9.17) is 5.73 Å². The van der Waals surface area contributed by atoms with Crippen molar-refractivity contribution in [3.63, 3.8) is 0 Å². The predicted octanol–water partition coefficient (Wildman–Crippen LogP) is 1.93. The maximum absolute atomic E-state index is 12.0. The van der Waals surface area contributed by atoms with E-state index in [-0.39, 0.29) is 5.56 Å². The molecule has 0 radical (unpaired) electrons. The minimum atomic E-state index is -0.171. The molecule has 0 saturated heterocycles. The fourth-order valence-corrected chi connectivity index (χ4v) is 1.89. The third-order valence-electron chi connectivity index (χ3n) is 2.96. The van der Waals surface area contributed by atoms with Crippen LogP contribution in [0.4, 0.5) is 5.69 Å². The molecule has 90 valence electrons. The molecule has 0 bridgehead atoms. The Bertz CT molecular complexity index is 608. The molecule has 0 atom stereocenters. The molecule has 2 rings (SSSR count). The summed E-state index contributed by atoms with van der Waals surface area (Å²) in [5.74, 6) is 0. The van der Waals surface area contributed by atoms with Gasteiger partial charge in [-0.05, 0) is 37.5 Å². The van der Waals surface area contributed by atoms with Crippen LogP contribution >= 0.6 is 0 Å². The van der Waals surface area contributed by atoms with Gasteiger partial charge in [-0.2, -0.15) is 0 Å². The van der Waals surface area contributed by atoms with Crippen LogP contribution < -0.4 is 11.3 Å². The maximum atomic E-state index is 12.0. The van der Waals surface area contributed by atoms with E-state index in [0.29, 0.717) is 5.69 Å². The highest BCUT2D eigenvalue weighted by Crippen LogP contribution is 2.15.